The quantitative estimate of drug-likeness (QED) is 0.278. The molecule has 2 rings (SSSR count). The van der Waals surface area contributed by atoms with Crippen LogP contribution in [0.3, 0.4) is 0 Å². The largest absolute Gasteiger partial charge is 0.206 e. The van der Waals surface area contributed by atoms with Crippen LogP contribution in [0.5, 0.6) is 0 Å². The maximum atomic E-state index is 13.7. The molecule has 0 saturated heterocycles. The third kappa shape index (κ3) is 4.56. The zero-order valence-corrected chi connectivity index (χ0v) is 15.6. The molecule has 0 atom stereocenters. The van der Waals surface area contributed by atoms with E-state index in [4.69, 9.17) is 23.2 Å². The highest BCUT2D eigenvalue weighted by Gasteiger charge is 2.12. The lowest BCUT2D eigenvalue weighted by molar-refractivity contribution is 0.571. The first-order valence-corrected chi connectivity index (χ1v) is 8.20. The first-order valence-electron chi connectivity index (χ1n) is 5.86. The molecule has 2 nitrogen and oxygen atoms in total. The van der Waals surface area contributed by atoms with Crippen LogP contribution in [0.25, 0.3) is 0 Å². The number of hydrogen-bond donors (Lipinski definition) is 0. The van der Waals surface area contributed by atoms with E-state index in [0.717, 1.165) is 12.1 Å². The molecule has 0 aliphatic carbocycles. The summed E-state index contributed by atoms with van der Waals surface area (Å²) in [5, 5.41) is 6.57. The zero-order chi connectivity index (χ0) is 17.1. The van der Waals surface area contributed by atoms with Crippen LogP contribution < -0.4 is 0 Å². The Labute approximate surface area is 156 Å². The lowest BCUT2D eigenvalue weighted by Crippen LogP contribution is -1.98. The Bertz CT molecular complexity index is 803. The Morgan fingerprint density at radius 2 is 1.39 bits per heavy atom. The Morgan fingerprint density at radius 3 is 1.96 bits per heavy atom. The van der Waals surface area contributed by atoms with Crippen LogP contribution in [0.15, 0.2) is 49.5 Å². The van der Waals surface area contributed by atoms with Crippen molar-refractivity contribution in [3.63, 3.8) is 0 Å². The van der Waals surface area contributed by atoms with E-state index in [1.54, 1.807) is 6.07 Å². The molecule has 2 aromatic carbocycles. The average molecular weight is 489 g/mol. The van der Waals surface area contributed by atoms with Gasteiger partial charge in [0.15, 0.2) is 10.3 Å². The molecule has 0 spiro atoms. The van der Waals surface area contributed by atoms with Crippen molar-refractivity contribution in [2.45, 2.75) is 0 Å². The predicted molar refractivity (Wildman–Crippen MR) is 92.9 cm³/mol. The molecule has 0 aliphatic rings. The van der Waals surface area contributed by atoms with Crippen molar-refractivity contribution in [2.75, 3.05) is 0 Å². The molecule has 120 valence electrons. The molecule has 0 N–H and O–H groups in total. The first kappa shape index (κ1) is 18.4. The average Bonchev–Trinajstić information content (AvgIpc) is 2.49. The van der Waals surface area contributed by atoms with Crippen molar-refractivity contribution in [3.05, 3.63) is 67.9 Å². The molecule has 2 aromatic rings. The standard InChI is InChI=1S/C14H5Br2Cl2F3N2/c15-7-1-2-8(9(19)5-7)14(18)23-22-13(17)6-3-10(20)12(16)11(21)4-6/h1-5H. The van der Waals surface area contributed by atoms with Crippen molar-refractivity contribution in [2.24, 2.45) is 10.2 Å². The van der Waals surface area contributed by atoms with E-state index < -0.39 is 17.5 Å². The van der Waals surface area contributed by atoms with Crippen LogP contribution in [-0.4, -0.2) is 10.3 Å². The minimum absolute atomic E-state index is 0.0104. The van der Waals surface area contributed by atoms with E-state index in [1.807, 2.05) is 0 Å². The molecule has 0 bridgehead atoms. The number of hydrogen-bond acceptors (Lipinski definition) is 2. The first-order chi connectivity index (χ1) is 10.8. The molecule has 0 aliphatic heterocycles. The highest BCUT2D eigenvalue weighted by molar-refractivity contribution is 9.10. The topological polar surface area (TPSA) is 24.7 Å². The molecule has 23 heavy (non-hydrogen) atoms. The smallest absolute Gasteiger partial charge is 0.161 e. The van der Waals surface area contributed by atoms with Gasteiger partial charge >= 0.3 is 0 Å². The predicted octanol–water partition coefficient (Wildman–Crippen LogP) is 6.21. The normalized spacial score (nSPS) is 12.7. The summed E-state index contributed by atoms with van der Waals surface area (Å²) in [6.07, 6.45) is 0. The summed E-state index contributed by atoms with van der Waals surface area (Å²) in [6.45, 7) is 0. The van der Waals surface area contributed by atoms with Gasteiger partial charge in [0, 0.05) is 15.6 Å². The van der Waals surface area contributed by atoms with Gasteiger partial charge in [-0.05, 0) is 46.3 Å². The second kappa shape index (κ2) is 7.79. The Balaban J connectivity index is 2.34. The van der Waals surface area contributed by atoms with E-state index >= 15 is 0 Å². The maximum absolute atomic E-state index is 13.7. The van der Waals surface area contributed by atoms with Gasteiger partial charge < -0.3 is 0 Å². The van der Waals surface area contributed by atoms with Crippen molar-refractivity contribution < 1.29 is 13.2 Å². The van der Waals surface area contributed by atoms with E-state index in [0.29, 0.717) is 4.47 Å². The summed E-state index contributed by atoms with van der Waals surface area (Å²) in [5.41, 5.74) is -0.0226. The minimum Gasteiger partial charge on any atom is -0.206 e. The fraction of sp³-hybridized carbons (Fsp3) is 0. The third-order valence-electron chi connectivity index (χ3n) is 2.60. The Hall–Kier alpha value is -0.890. The summed E-state index contributed by atoms with van der Waals surface area (Å²) in [5.74, 6) is -2.30. The SMILES string of the molecule is Fc1cc(Br)ccc1C(Cl)=NN=C(Cl)c1cc(F)c(Br)c(F)c1. The van der Waals surface area contributed by atoms with Crippen LogP contribution in [0.2, 0.25) is 0 Å². The van der Waals surface area contributed by atoms with Crippen LogP contribution in [-0.2, 0) is 0 Å². The monoisotopic (exact) mass is 486 g/mol. The van der Waals surface area contributed by atoms with Gasteiger partial charge in [0.1, 0.15) is 17.5 Å². The number of nitrogens with zero attached hydrogens (tertiary/aromatic N) is 2. The molecule has 0 aromatic heterocycles. The van der Waals surface area contributed by atoms with Crippen molar-refractivity contribution in [1.82, 2.24) is 0 Å². The maximum Gasteiger partial charge on any atom is 0.161 e. The van der Waals surface area contributed by atoms with E-state index in [2.05, 4.69) is 42.1 Å². The van der Waals surface area contributed by atoms with E-state index in [9.17, 15) is 13.2 Å². The van der Waals surface area contributed by atoms with Crippen molar-refractivity contribution >= 4 is 65.4 Å². The van der Waals surface area contributed by atoms with Gasteiger partial charge in [0.25, 0.3) is 0 Å². The second-order valence-electron chi connectivity index (χ2n) is 4.16. The van der Waals surface area contributed by atoms with Crippen LogP contribution in [0.1, 0.15) is 11.1 Å². The second-order valence-corrected chi connectivity index (χ2v) is 6.58. The molecule has 0 fully saturated rings. The summed E-state index contributed by atoms with van der Waals surface area (Å²) in [6, 6.07) is 6.12. The number of halogens is 7. The molecule has 0 amide bonds. The van der Waals surface area contributed by atoms with Crippen molar-refractivity contribution in [3.8, 4) is 0 Å². The molecular formula is C14H5Br2Cl2F3N2. The zero-order valence-electron chi connectivity index (χ0n) is 10.9. The highest BCUT2D eigenvalue weighted by Crippen LogP contribution is 2.22. The van der Waals surface area contributed by atoms with Crippen LogP contribution in [0.4, 0.5) is 13.2 Å². The molecule has 0 radical (unpaired) electrons. The van der Waals surface area contributed by atoms with Gasteiger partial charge in [-0.1, -0.05) is 39.1 Å². The lowest BCUT2D eigenvalue weighted by atomic mass is 10.2. The third-order valence-corrected chi connectivity index (χ3v) is 4.42. The minimum atomic E-state index is -0.845. The molecule has 0 saturated carbocycles. The fourth-order valence-corrected chi connectivity index (χ4v) is 2.43. The number of benzene rings is 2. The number of rotatable bonds is 3. The molecule has 0 heterocycles. The summed E-state index contributed by atoms with van der Waals surface area (Å²) >= 11 is 17.5. The lowest BCUT2D eigenvalue weighted by Gasteiger charge is -2.02. The highest BCUT2D eigenvalue weighted by atomic mass is 79.9. The van der Waals surface area contributed by atoms with Gasteiger partial charge in [-0.3, -0.25) is 0 Å². The summed E-state index contributed by atoms with van der Waals surface area (Å²) < 4.78 is 40.8. The van der Waals surface area contributed by atoms with Crippen LogP contribution in [0, 0.1) is 17.5 Å². The summed E-state index contributed by atoms with van der Waals surface area (Å²) in [4.78, 5) is 0. The van der Waals surface area contributed by atoms with Gasteiger partial charge in [0.05, 0.1) is 4.47 Å². The summed E-state index contributed by atoms with van der Waals surface area (Å²) in [7, 11) is 0. The van der Waals surface area contributed by atoms with Crippen molar-refractivity contribution in [1.29, 1.82) is 0 Å². The van der Waals surface area contributed by atoms with Crippen LogP contribution >= 0.6 is 55.1 Å². The molecular weight excluding hydrogens is 484 g/mol. The van der Waals surface area contributed by atoms with Gasteiger partial charge in [-0.25, -0.2) is 13.2 Å². The van der Waals surface area contributed by atoms with Gasteiger partial charge in [0.2, 0.25) is 0 Å². The van der Waals surface area contributed by atoms with Gasteiger partial charge in [-0.15, -0.1) is 10.2 Å². The van der Waals surface area contributed by atoms with E-state index in [1.165, 1.54) is 12.1 Å². The Kier molecular flexibility index (Phi) is 6.25. The Morgan fingerprint density at radius 1 is 0.826 bits per heavy atom. The van der Waals surface area contributed by atoms with E-state index in [-0.39, 0.29) is 25.9 Å². The molecule has 0 unspecified atom stereocenters. The molecule has 9 heteroatoms. The van der Waals surface area contributed by atoms with Gasteiger partial charge in [-0.2, -0.15) is 0 Å². The fourth-order valence-electron chi connectivity index (χ4n) is 1.53.